The highest BCUT2D eigenvalue weighted by Crippen LogP contribution is 2.43. The number of carbonyl (C=O) groups is 2. The van der Waals surface area contributed by atoms with Crippen molar-refractivity contribution in [2.75, 3.05) is 6.61 Å². The lowest BCUT2D eigenvalue weighted by atomic mass is 9.72. The summed E-state index contributed by atoms with van der Waals surface area (Å²) in [6, 6.07) is 0. The van der Waals surface area contributed by atoms with Gasteiger partial charge in [0, 0.05) is 5.92 Å². The van der Waals surface area contributed by atoms with Crippen molar-refractivity contribution in [2.24, 2.45) is 11.8 Å². The summed E-state index contributed by atoms with van der Waals surface area (Å²) in [5.41, 5.74) is 0. The largest absolute Gasteiger partial charge is 0.481 e. The van der Waals surface area contributed by atoms with Crippen molar-refractivity contribution in [3.63, 3.8) is 0 Å². The van der Waals surface area contributed by atoms with E-state index in [1.165, 1.54) is 0 Å². The molecule has 0 spiro atoms. The molecule has 2 aliphatic carbocycles. The predicted octanol–water partition coefficient (Wildman–Crippen LogP) is -2.99. The molecule has 0 radical (unpaired) electrons. The number of fused-ring (bicyclic) bond motifs is 1. The molecule has 4 fully saturated rings. The van der Waals surface area contributed by atoms with Crippen LogP contribution in [0.5, 0.6) is 0 Å². The number of hydrogen-bond donors (Lipinski definition) is 8. The second-order valence-corrected chi connectivity index (χ2v) is 10.9. The summed E-state index contributed by atoms with van der Waals surface area (Å²) in [4.78, 5) is 22.3. The zero-order valence-electron chi connectivity index (χ0n) is 20.8. The average molecular weight is 551 g/mol. The van der Waals surface area contributed by atoms with Crippen LogP contribution in [-0.2, 0) is 28.5 Å². The number of hydrogen-bond acceptors (Lipinski definition) is 13. The summed E-state index contributed by atoms with van der Waals surface area (Å²) in [6.45, 7) is -0.602. The van der Waals surface area contributed by atoms with E-state index < -0.39 is 104 Å². The maximum atomic E-state index is 11.6. The molecule has 38 heavy (non-hydrogen) atoms. The van der Waals surface area contributed by atoms with Gasteiger partial charge in [-0.1, -0.05) is 0 Å². The SMILES string of the molecule is O=C(O)CC(=O)OC[C@@H]1O[C@H](OC2CC3C(O)CC(O)CC3OC2C2CCC(O)C(O)C2)[C@@H](O)[C@H](O)[C@H]1O. The molecule has 0 aromatic carbocycles. The topological polar surface area (TPSA) is 233 Å². The van der Waals surface area contributed by atoms with Crippen molar-refractivity contribution in [1.29, 1.82) is 0 Å². The fourth-order valence-corrected chi connectivity index (χ4v) is 6.09. The van der Waals surface area contributed by atoms with E-state index in [1.807, 2.05) is 0 Å². The number of aliphatic hydroxyl groups is 7. The molecule has 4 aliphatic rings. The Kier molecular flexibility index (Phi) is 9.61. The maximum Gasteiger partial charge on any atom is 0.317 e. The van der Waals surface area contributed by atoms with E-state index in [9.17, 15) is 45.3 Å². The number of ether oxygens (including phenoxy) is 4. The van der Waals surface area contributed by atoms with E-state index in [1.54, 1.807) is 0 Å². The summed E-state index contributed by atoms with van der Waals surface area (Å²) >= 11 is 0. The van der Waals surface area contributed by atoms with Gasteiger partial charge in [0.05, 0.1) is 42.7 Å². The molecule has 14 nitrogen and oxygen atoms in total. The van der Waals surface area contributed by atoms with Crippen LogP contribution in [0.25, 0.3) is 0 Å². The van der Waals surface area contributed by atoms with Crippen LogP contribution >= 0.6 is 0 Å². The van der Waals surface area contributed by atoms with Gasteiger partial charge in [-0.3, -0.25) is 9.59 Å². The Morgan fingerprint density at radius 3 is 2.21 bits per heavy atom. The van der Waals surface area contributed by atoms with Gasteiger partial charge in [0.25, 0.3) is 0 Å². The van der Waals surface area contributed by atoms with Gasteiger partial charge in [-0.2, -0.15) is 0 Å². The third-order valence-corrected chi connectivity index (χ3v) is 8.16. The monoisotopic (exact) mass is 550 g/mol. The first kappa shape index (κ1) is 29.5. The smallest absolute Gasteiger partial charge is 0.317 e. The summed E-state index contributed by atoms with van der Waals surface area (Å²) in [5, 5.41) is 81.1. The number of carboxylic acid groups (broad SMARTS) is 1. The van der Waals surface area contributed by atoms with E-state index in [4.69, 9.17) is 24.1 Å². The standard InChI is InChI=1S/C24H38O14/c25-10-4-13(27)11-6-16(23(36-15(11)5-10)9-1-2-12(26)14(28)3-9)37-24-22(34)21(33)20(32)17(38-24)8-35-19(31)7-18(29)30/h9-17,20-28,32-34H,1-8H2,(H,29,30)/t9?,10?,11?,12?,13?,14?,15?,16?,17-,20-,21+,22-,23?,24-/m0/s1. The van der Waals surface area contributed by atoms with Crippen LogP contribution in [0.1, 0.15) is 44.9 Å². The highest BCUT2D eigenvalue weighted by Gasteiger charge is 2.52. The number of carboxylic acids is 1. The first-order valence-electron chi connectivity index (χ1n) is 13.0. The van der Waals surface area contributed by atoms with Gasteiger partial charge in [-0.05, 0) is 44.4 Å². The lowest BCUT2D eigenvalue weighted by molar-refractivity contribution is -0.333. The van der Waals surface area contributed by atoms with E-state index in [-0.39, 0.29) is 25.2 Å². The first-order chi connectivity index (χ1) is 17.9. The quantitative estimate of drug-likeness (QED) is 0.117. The molecule has 2 saturated carbocycles. The number of carbonyl (C=O) groups excluding carboxylic acids is 1. The van der Waals surface area contributed by atoms with Crippen molar-refractivity contribution < 1.29 is 69.4 Å². The Bertz CT molecular complexity index is 826. The molecule has 218 valence electrons. The minimum atomic E-state index is -1.74. The van der Waals surface area contributed by atoms with Crippen molar-refractivity contribution in [3.05, 3.63) is 0 Å². The molecule has 2 aliphatic heterocycles. The molecule has 0 amide bonds. The highest BCUT2D eigenvalue weighted by atomic mass is 16.7. The van der Waals surface area contributed by atoms with Crippen LogP contribution in [0.4, 0.5) is 0 Å². The molecule has 0 aromatic heterocycles. The van der Waals surface area contributed by atoms with Crippen LogP contribution in [0.2, 0.25) is 0 Å². The van der Waals surface area contributed by atoms with Crippen molar-refractivity contribution >= 4 is 11.9 Å². The molecule has 2 saturated heterocycles. The Hall–Kier alpha value is -1.46. The molecule has 9 unspecified atom stereocenters. The zero-order valence-corrected chi connectivity index (χ0v) is 20.8. The summed E-state index contributed by atoms with van der Waals surface area (Å²) in [5.74, 6) is -3.15. The lowest BCUT2D eigenvalue weighted by Crippen LogP contribution is -2.62. The highest BCUT2D eigenvalue weighted by molar-refractivity contribution is 5.90. The molecule has 2 heterocycles. The fourth-order valence-electron chi connectivity index (χ4n) is 6.09. The molecular formula is C24H38O14. The Labute approximate surface area is 218 Å². The minimum Gasteiger partial charge on any atom is -0.481 e. The van der Waals surface area contributed by atoms with E-state index in [0.717, 1.165) is 0 Å². The molecule has 14 atom stereocenters. The number of rotatable bonds is 7. The molecule has 0 bridgehead atoms. The van der Waals surface area contributed by atoms with E-state index in [2.05, 4.69) is 0 Å². The van der Waals surface area contributed by atoms with Crippen molar-refractivity contribution in [2.45, 2.75) is 118 Å². The summed E-state index contributed by atoms with van der Waals surface area (Å²) < 4.78 is 22.9. The summed E-state index contributed by atoms with van der Waals surface area (Å²) in [7, 11) is 0. The van der Waals surface area contributed by atoms with Crippen LogP contribution in [0.15, 0.2) is 0 Å². The van der Waals surface area contributed by atoms with Gasteiger partial charge in [-0.15, -0.1) is 0 Å². The van der Waals surface area contributed by atoms with E-state index in [0.29, 0.717) is 19.3 Å². The maximum absolute atomic E-state index is 11.6. The molecular weight excluding hydrogens is 512 g/mol. The van der Waals surface area contributed by atoms with Gasteiger partial charge in [-0.25, -0.2) is 0 Å². The number of aliphatic carboxylic acids is 1. The number of esters is 1. The van der Waals surface area contributed by atoms with Crippen molar-refractivity contribution in [1.82, 2.24) is 0 Å². The van der Waals surface area contributed by atoms with E-state index >= 15 is 0 Å². The summed E-state index contributed by atoms with van der Waals surface area (Å²) in [6.07, 6.45) is -12.5. The third kappa shape index (κ3) is 6.63. The zero-order chi connectivity index (χ0) is 27.7. The van der Waals surface area contributed by atoms with Gasteiger partial charge in [0.1, 0.15) is 37.4 Å². The van der Waals surface area contributed by atoms with Crippen LogP contribution in [0, 0.1) is 11.8 Å². The fraction of sp³-hybridized carbons (Fsp3) is 0.917. The lowest BCUT2D eigenvalue weighted by Gasteiger charge is -2.51. The third-order valence-electron chi connectivity index (χ3n) is 8.16. The average Bonchev–Trinajstić information content (AvgIpc) is 2.84. The predicted molar refractivity (Wildman–Crippen MR) is 122 cm³/mol. The van der Waals surface area contributed by atoms with Crippen molar-refractivity contribution in [3.8, 4) is 0 Å². The normalized spacial score (nSPS) is 47.7. The van der Waals surface area contributed by atoms with Crippen LogP contribution in [-0.4, -0.2) is 133 Å². The van der Waals surface area contributed by atoms with Gasteiger partial charge in [0.15, 0.2) is 6.29 Å². The van der Waals surface area contributed by atoms with Gasteiger partial charge >= 0.3 is 11.9 Å². The second-order valence-electron chi connectivity index (χ2n) is 10.9. The van der Waals surface area contributed by atoms with Crippen LogP contribution < -0.4 is 0 Å². The second kappa shape index (κ2) is 12.4. The van der Waals surface area contributed by atoms with Gasteiger partial charge < -0.3 is 59.8 Å². The number of aliphatic hydroxyl groups excluding tert-OH is 7. The molecule has 4 rings (SSSR count). The minimum absolute atomic E-state index is 0.160. The Morgan fingerprint density at radius 1 is 0.789 bits per heavy atom. The molecule has 8 N–H and O–H groups in total. The van der Waals surface area contributed by atoms with Gasteiger partial charge in [0.2, 0.25) is 0 Å². The Morgan fingerprint density at radius 2 is 1.53 bits per heavy atom. The Balaban J connectivity index is 1.49. The molecule has 14 heteroatoms. The molecule has 0 aromatic rings. The van der Waals surface area contributed by atoms with Crippen LogP contribution in [0.3, 0.4) is 0 Å². The first-order valence-corrected chi connectivity index (χ1v) is 13.0.